The number of carboxylic acid groups (broad SMARTS) is 1. The van der Waals surface area contributed by atoms with Crippen molar-refractivity contribution in [3.05, 3.63) is 0 Å². The first-order valence-electron chi connectivity index (χ1n) is 12.7. The van der Waals surface area contributed by atoms with Crippen LogP contribution in [0.3, 0.4) is 0 Å². The highest BCUT2D eigenvalue weighted by atomic mass is 16.4. The molecule has 218 valence electrons. The third-order valence-corrected chi connectivity index (χ3v) is 5.52. The predicted molar refractivity (Wildman–Crippen MR) is 142 cm³/mol. The van der Waals surface area contributed by atoms with Gasteiger partial charge < -0.3 is 49.7 Å². The Morgan fingerprint density at radius 2 is 1.37 bits per heavy atom. The minimum atomic E-state index is -1.36. The van der Waals surface area contributed by atoms with E-state index in [0.717, 1.165) is 0 Å². The number of amides is 4. The van der Waals surface area contributed by atoms with Crippen molar-refractivity contribution >= 4 is 35.6 Å². The lowest BCUT2D eigenvalue weighted by Crippen LogP contribution is -2.57. The Morgan fingerprint density at radius 1 is 0.789 bits per heavy atom. The Morgan fingerprint density at radius 3 is 1.89 bits per heavy atom. The van der Waals surface area contributed by atoms with Gasteiger partial charge in [-0.3, -0.25) is 24.2 Å². The number of carbonyl (C=O) groups excluding carboxylic acids is 4. The standard InChI is InChI=1S/C23H45N9O6/c1-13(2)12-17(21(36)31-16(22(37)38)8-9-18(26)33)32-20(35)15(7-3-4-10-24)30-19(34)14(25)6-5-11-29-23(27)28/h13-17H,3-12,24-25H2,1-2H3,(H2,26,33)(H,30,34)(H,31,36)(H,32,35)(H,37,38)(H4,27,28,29). The first-order valence-corrected chi connectivity index (χ1v) is 12.7. The van der Waals surface area contributed by atoms with Crippen LogP contribution in [0.2, 0.25) is 0 Å². The topological polar surface area (TPSA) is 284 Å². The second kappa shape index (κ2) is 18.7. The number of unbranched alkanes of at least 4 members (excludes halogenated alkanes) is 1. The molecule has 0 aliphatic carbocycles. The van der Waals surface area contributed by atoms with Crippen LogP contribution in [-0.2, 0) is 24.0 Å². The Hall–Kier alpha value is -3.46. The van der Waals surface area contributed by atoms with Crippen molar-refractivity contribution in [3.63, 3.8) is 0 Å². The number of nitrogens with two attached hydrogens (primary N) is 5. The van der Waals surface area contributed by atoms with Crippen LogP contribution in [0.5, 0.6) is 0 Å². The van der Waals surface area contributed by atoms with E-state index in [1.54, 1.807) is 0 Å². The summed E-state index contributed by atoms with van der Waals surface area (Å²) in [5.41, 5.74) is 27.1. The van der Waals surface area contributed by atoms with E-state index in [1.165, 1.54) is 0 Å². The van der Waals surface area contributed by atoms with Crippen molar-refractivity contribution in [2.75, 3.05) is 13.1 Å². The molecule has 0 spiro atoms. The maximum absolute atomic E-state index is 13.2. The van der Waals surface area contributed by atoms with Gasteiger partial charge in [0.25, 0.3) is 0 Å². The fourth-order valence-corrected chi connectivity index (χ4v) is 3.48. The number of primary amides is 1. The fourth-order valence-electron chi connectivity index (χ4n) is 3.48. The molecule has 15 nitrogen and oxygen atoms in total. The maximum atomic E-state index is 13.2. The van der Waals surface area contributed by atoms with Crippen molar-refractivity contribution in [1.82, 2.24) is 16.0 Å². The number of aliphatic imine (C=N–C) groups is 1. The highest BCUT2D eigenvalue weighted by Crippen LogP contribution is 2.09. The Balaban J connectivity index is 5.45. The van der Waals surface area contributed by atoms with Crippen molar-refractivity contribution in [1.29, 1.82) is 0 Å². The van der Waals surface area contributed by atoms with Crippen LogP contribution in [0.15, 0.2) is 4.99 Å². The summed E-state index contributed by atoms with van der Waals surface area (Å²) in [6.45, 7) is 4.35. The molecule has 0 aromatic heterocycles. The molecule has 0 aliphatic heterocycles. The molecular weight excluding hydrogens is 498 g/mol. The molecule has 14 N–H and O–H groups in total. The molecule has 0 bridgehead atoms. The van der Waals surface area contributed by atoms with Crippen LogP contribution in [0.25, 0.3) is 0 Å². The predicted octanol–water partition coefficient (Wildman–Crippen LogP) is -2.65. The number of carbonyl (C=O) groups is 5. The van der Waals surface area contributed by atoms with Crippen molar-refractivity contribution in [3.8, 4) is 0 Å². The fraction of sp³-hybridized carbons (Fsp3) is 0.739. The van der Waals surface area contributed by atoms with E-state index in [4.69, 9.17) is 28.7 Å². The molecule has 0 saturated heterocycles. The van der Waals surface area contributed by atoms with Crippen LogP contribution < -0.4 is 44.6 Å². The summed E-state index contributed by atoms with van der Waals surface area (Å²) in [5.74, 6) is -4.05. The van der Waals surface area contributed by atoms with Crippen LogP contribution in [0.1, 0.15) is 65.2 Å². The summed E-state index contributed by atoms with van der Waals surface area (Å²) < 4.78 is 0. The second-order valence-corrected chi connectivity index (χ2v) is 9.50. The number of nitrogens with zero attached hydrogens (tertiary/aromatic N) is 1. The molecule has 4 amide bonds. The SMILES string of the molecule is CC(C)CC(NC(=O)C(CCCCN)NC(=O)C(N)CCCN=C(N)N)C(=O)NC(CCC(N)=O)C(=O)O. The molecule has 0 heterocycles. The van der Waals surface area contributed by atoms with Crippen molar-refractivity contribution in [2.45, 2.75) is 89.4 Å². The van der Waals surface area contributed by atoms with Gasteiger partial charge >= 0.3 is 5.97 Å². The highest BCUT2D eigenvalue weighted by Gasteiger charge is 2.30. The van der Waals surface area contributed by atoms with E-state index in [0.29, 0.717) is 32.4 Å². The molecule has 0 radical (unpaired) electrons. The van der Waals surface area contributed by atoms with Gasteiger partial charge in [-0.15, -0.1) is 0 Å². The molecule has 4 atom stereocenters. The summed E-state index contributed by atoms with van der Waals surface area (Å²) in [5, 5.41) is 17.0. The van der Waals surface area contributed by atoms with Gasteiger partial charge in [-0.25, -0.2) is 4.79 Å². The average Bonchev–Trinajstić information content (AvgIpc) is 2.82. The van der Waals surface area contributed by atoms with Crippen LogP contribution in [0, 0.1) is 5.92 Å². The lowest BCUT2D eigenvalue weighted by molar-refractivity contribution is -0.142. The number of hydrogen-bond donors (Lipinski definition) is 9. The Kier molecular flexibility index (Phi) is 17.0. The third kappa shape index (κ3) is 15.6. The molecule has 0 aromatic carbocycles. The third-order valence-electron chi connectivity index (χ3n) is 5.52. The maximum Gasteiger partial charge on any atom is 0.326 e. The molecule has 38 heavy (non-hydrogen) atoms. The van der Waals surface area contributed by atoms with E-state index >= 15 is 0 Å². The second-order valence-electron chi connectivity index (χ2n) is 9.50. The minimum Gasteiger partial charge on any atom is -0.480 e. The van der Waals surface area contributed by atoms with Gasteiger partial charge in [-0.1, -0.05) is 13.8 Å². The summed E-state index contributed by atoms with van der Waals surface area (Å²) >= 11 is 0. The van der Waals surface area contributed by atoms with Crippen molar-refractivity contribution in [2.24, 2.45) is 39.6 Å². The van der Waals surface area contributed by atoms with E-state index < -0.39 is 53.8 Å². The Bertz CT molecular complexity index is 817. The minimum absolute atomic E-state index is 0.0381. The molecule has 0 fully saturated rings. The molecule has 0 saturated carbocycles. The van der Waals surface area contributed by atoms with Crippen LogP contribution in [0.4, 0.5) is 0 Å². The average molecular weight is 544 g/mol. The Labute approximate surface area is 223 Å². The summed E-state index contributed by atoms with van der Waals surface area (Å²) in [6, 6.07) is -4.35. The molecule has 0 aromatic rings. The first kappa shape index (κ1) is 34.5. The number of aliphatic carboxylic acids is 1. The number of hydrogen-bond acceptors (Lipinski definition) is 8. The quantitative estimate of drug-likeness (QED) is 0.0436. The lowest BCUT2D eigenvalue weighted by atomic mass is 10.0. The number of guanidine groups is 1. The van der Waals surface area contributed by atoms with Gasteiger partial charge in [0.15, 0.2) is 5.96 Å². The number of rotatable bonds is 20. The van der Waals surface area contributed by atoms with E-state index in [1.807, 2.05) is 13.8 Å². The van der Waals surface area contributed by atoms with Crippen LogP contribution in [-0.4, -0.2) is 77.9 Å². The molecular formula is C23H45N9O6. The summed E-state index contributed by atoms with van der Waals surface area (Å²) in [7, 11) is 0. The summed E-state index contributed by atoms with van der Waals surface area (Å²) in [4.78, 5) is 65.2. The number of carboxylic acids is 1. The molecule has 15 heteroatoms. The van der Waals surface area contributed by atoms with E-state index in [2.05, 4.69) is 20.9 Å². The van der Waals surface area contributed by atoms with Gasteiger partial charge in [0.05, 0.1) is 6.04 Å². The zero-order chi connectivity index (χ0) is 29.3. The van der Waals surface area contributed by atoms with Crippen molar-refractivity contribution < 1.29 is 29.1 Å². The lowest BCUT2D eigenvalue weighted by Gasteiger charge is -2.26. The van der Waals surface area contributed by atoms with Gasteiger partial charge in [0.1, 0.15) is 18.1 Å². The van der Waals surface area contributed by atoms with E-state index in [-0.39, 0.29) is 44.0 Å². The van der Waals surface area contributed by atoms with Crippen LogP contribution >= 0.6 is 0 Å². The van der Waals surface area contributed by atoms with Gasteiger partial charge in [-0.2, -0.15) is 0 Å². The van der Waals surface area contributed by atoms with E-state index in [9.17, 15) is 29.1 Å². The molecule has 0 rings (SSSR count). The summed E-state index contributed by atoms with van der Waals surface area (Å²) in [6.07, 6.45) is 1.89. The van der Waals surface area contributed by atoms with Gasteiger partial charge in [-0.05, 0) is 57.4 Å². The number of nitrogens with one attached hydrogen (secondary N) is 3. The van der Waals surface area contributed by atoms with Gasteiger partial charge in [0, 0.05) is 13.0 Å². The molecule has 0 aliphatic rings. The monoisotopic (exact) mass is 543 g/mol. The first-order chi connectivity index (χ1) is 17.8. The zero-order valence-corrected chi connectivity index (χ0v) is 22.3. The zero-order valence-electron chi connectivity index (χ0n) is 22.3. The molecule has 4 unspecified atom stereocenters. The highest BCUT2D eigenvalue weighted by molar-refractivity contribution is 5.94. The smallest absolute Gasteiger partial charge is 0.326 e. The normalized spacial score (nSPS) is 14.0. The largest absolute Gasteiger partial charge is 0.480 e. The van der Waals surface area contributed by atoms with Gasteiger partial charge in [0.2, 0.25) is 23.6 Å².